The molecule has 0 fully saturated rings. The fraction of sp³-hybridized carbons (Fsp3) is 0.417. The maximum Gasteiger partial charge on any atom is 0.258 e. The van der Waals surface area contributed by atoms with E-state index in [-0.39, 0.29) is 5.82 Å². The molecule has 0 aliphatic carbocycles. The topological polar surface area (TPSA) is 59.7 Å². The first-order chi connectivity index (χ1) is 14.7. The van der Waals surface area contributed by atoms with Crippen LogP contribution in [0.25, 0.3) is 10.9 Å². The van der Waals surface area contributed by atoms with Gasteiger partial charge in [0.05, 0.1) is 5.69 Å². The minimum atomic E-state index is -2.25. The predicted octanol–water partition coefficient (Wildman–Crippen LogP) is 7.61. The predicted molar refractivity (Wildman–Crippen MR) is 126 cm³/mol. The summed E-state index contributed by atoms with van der Waals surface area (Å²) in [5.74, 6) is 0.767. The first-order valence-electron chi connectivity index (χ1n) is 10.8. The molecule has 0 aliphatic heterocycles. The molecule has 0 saturated carbocycles. The molecule has 31 heavy (non-hydrogen) atoms. The summed E-state index contributed by atoms with van der Waals surface area (Å²) in [5.41, 5.74) is 2.55. The van der Waals surface area contributed by atoms with E-state index in [9.17, 15) is 4.39 Å². The first kappa shape index (κ1) is 23.0. The molecule has 0 radical (unpaired) electrons. The molecule has 164 valence electrons. The Morgan fingerprint density at radius 2 is 1.68 bits per heavy atom. The quantitative estimate of drug-likeness (QED) is 0.269. The first-order valence-corrected chi connectivity index (χ1v) is 12.9. The minimum absolute atomic E-state index is 0.310. The van der Waals surface area contributed by atoms with Crippen LogP contribution in [0, 0.1) is 5.82 Å². The molecule has 0 amide bonds. The van der Waals surface area contributed by atoms with Gasteiger partial charge in [0.2, 0.25) is 0 Å². The zero-order valence-corrected chi connectivity index (χ0v) is 20.1. The lowest BCUT2D eigenvalue weighted by Gasteiger charge is -2.42. The van der Waals surface area contributed by atoms with Gasteiger partial charge >= 0.3 is 0 Å². The van der Waals surface area contributed by atoms with E-state index in [0.29, 0.717) is 40.3 Å². The Hall–Kier alpha value is -2.67. The second-order valence-electron chi connectivity index (χ2n) is 8.79. The molecule has 0 bridgehead atoms. The van der Waals surface area contributed by atoms with Gasteiger partial charge in [-0.05, 0) is 40.9 Å². The molecule has 1 aromatic carbocycles. The number of azo groups is 1. The van der Waals surface area contributed by atoms with Crippen molar-refractivity contribution in [2.24, 2.45) is 10.2 Å². The van der Waals surface area contributed by atoms with Crippen molar-refractivity contribution in [1.82, 2.24) is 9.97 Å². The van der Waals surface area contributed by atoms with E-state index >= 15 is 0 Å². The normalized spacial score (nSPS) is 12.6. The number of rotatable bonds is 8. The highest BCUT2D eigenvalue weighted by Crippen LogP contribution is 2.44. The van der Waals surface area contributed by atoms with Gasteiger partial charge < -0.3 is 4.43 Å². The van der Waals surface area contributed by atoms with E-state index in [1.54, 1.807) is 12.3 Å². The summed E-state index contributed by atoms with van der Waals surface area (Å²) >= 11 is 0. The van der Waals surface area contributed by atoms with Crippen LogP contribution < -0.4 is 4.43 Å². The van der Waals surface area contributed by atoms with Crippen molar-refractivity contribution >= 4 is 25.0 Å². The average Bonchev–Trinajstić information content (AvgIpc) is 2.72. The second kappa shape index (κ2) is 9.64. The summed E-state index contributed by atoms with van der Waals surface area (Å²) in [7, 11) is -2.25. The lowest BCUT2D eigenvalue weighted by Crippen LogP contribution is -2.50. The summed E-state index contributed by atoms with van der Waals surface area (Å²) in [6.07, 6.45) is 1.68. The van der Waals surface area contributed by atoms with Crippen LogP contribution in [0.1, 0.15) is 47.2 Å². The number of hydrogen-bond acceptors (Lipinski definition) is 5. The molecule has 0 atom stereocenters. The Morgan fingerprint density at radius 3 is 2.29 bits per heavy atom. The van der Waals surface area contributed by atoms with Crippen LogP contribution in [-0.4, -0.2) is 18.3 Å². The van der Waals surface area contributed by atoms with Crippen molar-refractivity contribution in [3.05, 3.63) is 60.2 Å². The number of aromatic nitrogens is 2. The summed E-state index contributed by atoms with van der Waals surface area (Å²) in [6, 6.07) is 12.2. The number of nitrogens with zero attached hydrogens (tertiary/aromatic N) is 4. The van der Waals surface area contributed by atoms with Crippen LogP contribution in [0.15, 0.2) is 58.9 Å². The van der Waals surface area contributed by atoms with Crippen molar-refractivity contribution in [2.75, 3.05) is 0 Å². The standard InChI is InChI=1S/C24H31FN4OSi/c1-16(2)31(17(3)4,18(5)6)30-22-14-20(25)13-19-10-11-21(28-24(19)22)15-27-29-23-9-7-8-12-26-23/h7-14,16-18H,15H2,1-6H3. The molecule has 0 unspecified atom stereocenters. The summed E-state index contributed by atoms with van der Waals surface area (Å²) in [5, 5.41) is 9.08. The van der Waals surface area contributed by atoms with E-state index < -0.39 is 8.32 Å². The third kappa shape index (κ3) is 4.98. The summed E-state index contributed by atoms with van der Waals surface area (Å²) < 4.78 is 21.2. The van der Waals surface area contributed by atoms with Gasteiger partial charge in [0.1, 0.15) is 23.6 Å². The highest BCUT2D eigenvalue weighted by Gasteiger charge is 2.47. The van der Waals surface area contributed by atoms with Crippen LogP contribution in [0.3, 0.4) is 0 Å². The van der Waals surface area contributed by atoms with Gasteiger partial charge in [-0.25, -0.2) is 14.4 Å². The maximum absolute atomic E-state index is 14.4. The van der Waals surface area contributed by atoms with Gasteiger partial charge in [0.15, 0.2) is 5.82 Å². The fourth-order valence-corrected chi connectivity index (χ4v) is 9.75. The molecule has 0 saturated heterocycles. The summed E-state index contributed by atoms with van der Waals surface area (Å²) in [6.45, 7) is 13.6. The van der Waals surface area contributed by atoms with E-state index in [0.717, 1.165) is 11.1 Å². The van der Waals surface area contributed by atoms with Gasteiger partial charge in [-0.3, -0.25) is 0 Å². The van der Waals surface area contributed by atoms with E-state index in [4.69, 9.17) is 9.41 Å². The fourth-order valence-electron chi connectivity index (χ4n) is 4.51. The van der Waals surface area contributed by atoms with E-state index in [2.05, 4.69) is 56.8 Å². The van der Waals surface area contributed by atoms with Crippen molar-refractivity contribution < 1.29 is 8.82 Å². The highest BCUT2D eigenvalue weighted by atomic mass is 28.4. The van der Waals surface area contributed by atoms with Crippen LogP contribution in [0.2, 0.25) is 16.6 Å². The molecule has 0 N–H and O–H groups in total. The van der Waals surface area contributed by atoms with E-state index in [1.807, 2.05) is 24.3 Å². The highest BCUT2D eigenvalue weighted by molar-refractivity contribution is 6.78. The Labute approximate surface area is 184 Å². The Balaban J connectivity index is 1.99. The smallest absolute Gasteiger partial charge is 0.258 e. The molecule has 5 nitrogen and oxygen atoms in total. The van der Waals surface area contributed by atoms with Gasteiger partial charge in [0.25, 0.3) is 8.32 Å². The van der Waals surface area contributed by atoms with E-state index in [1.165, 1.54) is 12.1 Å². The van der Waals surface area contributed by atoms with Crippen molar-refractivity contribution in [1.29, 1.82) is 0 Å². The Bertz CT molecular complexity index is 1030. The second-order valence-corrected chi connectivity index (χ2v) is 14.2. The van der Waals surface area contributed by atoms with Crippen molar-refractivity contribution in [2.45, 2.75) is 64.7 Å². The third-order valence-electron chi connectivity index (χ3n) is 5.83. The Kier molecular flexibility index (Phi) is 7.15. The summed E-state index contributed by atoms with van der Waals surface area (Å²) in [4.78, 5) is 8.90. The maximum atomic E-state index is 14.4. The molecule has 0 aliphatic rings. The molecule has 0 spiro atoms. The monoisotopic (exact) mass is 438 g/mol. The van der Waals surface area contributed by atoms with Gasteiger partial charge in [-0.1, -0.05) is 53.7 Å². The number of hydrogen-bond donors (Lipinski definition) is 0. The van der Waals surface area contributed by atoms with Crippen LogP contribution >= 0.6 is 0 Å². The van der Waals surface area contributed by atoms with Crippen LogP contribution in [0.5, 0.6) is 5.75 Å². The van der Waals surface area contributed by atoms with Crippen molar-refractivity contribution in [3.63, 3.8) is 0 Å². The minimum Gasteiger partial charge on any atom is -0.541 e. The van der Waals surface area contributed by atoms with Gasteiger partial charge in [0, 0.05) is 17.6 Å². The lowest BCUT2D eigenvalue weighted by molar-refractivity contribution is 0.479. The molecular weight excluding hydrogens is 407 g/mol. The molecule has 7 heteroatoms. The zero-order valence-electron chi connectivity index (χ0n) is 19.1. The number of benzene rings is 1. The average molecular weight is 439 g/mol. The zero-order chi connectivity index (χ0) is 22.6. The van der Waals surface area contributed by atoms with Crippen LogP contribution in [-0.2, 0) is 6.54 Å². The molecule has 2 aromatic heterocycles. The largest absolute Gasteiger partial charge is 0.541 e. The third-order valence-corrected chi connectivity index (χ3v) is 11.8. The molecular formula is C24H31FN4OSi. The van der Waals surface area contributed by atoms with Gasteiger partial charge in [-0.2, -0.15) is 5.11 Å². The number of halogens is 1. The molecule has 3 aromatic rings. The Morgan fingerprint density at radius 1 is 0.968 bits per heavy atom. The SMILES string of the molecule is CC(C)[Si](Oc1cc(F)cc2ccc(CN=Nc3ccccn3)nc12)(C(C)C)C(C)C. The van der Waals surface area contributed by atoms with Gasteiger partial charge in [-0.15, -0.1) is 5.11 Å². The lowest BCUT2D eigenvalue weighted by atomic mass is 10.2. The molecule has 2 heterocycles. The van der Waals surface area contributed by atoms with Crippen molar-refractivity contribution in [3.8, 4) is 5.75 Å². The molecule has 3 rings (SSSR count). The number of fused-ring (bicyclic) bond motifs is 1. The number of pyridine rings is 2. The van der Waals surface area contributed by atoms with Crippen LogP contribution in [0.4, 0.5) is 10.2 Å².